The Morgan fingerprint density at radius 2 is 2.00 bits per heavy atom. The number of carbonyl (C=O) groups excluding carboxylic acids is 1. The molecular formula is C15H23ClN2O2. The average Bonchev–Trinajstić information content (AvgIpc) is 2.30. The molecule has 3 N–H and O–H groups in total. The van der Waals surface area contributed by atoms with Crippen LogP contribution in [0.1, 0.15) is 33.3 Å². The fraction of sp³-hybridized carbons (Fsp3) is 0.533. The van der Waals surface area contributed by atoms with Gasteiger partial charge in [-0.2, -0.15) is 0 Å². The Balaban J connectivity index is 2.70. The summed E-state index contributed by atoms with van der Waals surface area (Å²) >= 11 is 6.17. The van der Waals surface area contributed by atoms with Gasteiger partial charge in [-0.25, -0.2) is 0 Å². The van der Waals surface area contributed by atoms with Gasteiger partial charge in [-0.1, -0.05) is 17.7 Å². The molecule has 0 heterocycles. The van der Waals surface area contributed by atoms with Gasteiger partial charge >= 0.3 is 0 Å². The van der Waals surface area contributed by atoms with Gasteiger partial charge in [0, 0.05) is 12.1 Å². The smallest absolute Gasteiger partial charge is 0.260 e. The molecule has 0 aliphatic heterocycles. The molecule has 112 valence electrons. The summed E-state index contributed by atoms with van der Waals surface area (Å²) in [6.45, 7) is 7.45. The lowest BCUT2D eigenvalue weighted by molar-refractivity contribution is -0.127. The Labute approximate surface area is 125 Å². The fourth-order valence-corrected chi connectivity index (χ4v) is 2.03. The number of carbonyl (C=O) groups is 1. The van der Waals surface area contributed by atoms with E-state index in [4.69, 9.17) is 22.1 Å². The minimum absolute atomic E-state index is 0.0774. The molecule has 0 aliphatic rings. The quantitative estimate of drug-likeness (QED) is 0.848. The second-order valence-electron chi connectivity index (χ2n) is 5.37. The molecular weight excluding hydrogens is 276 g/mol. The first kappa shape index (κ1) is 16.8. The van der Waals surface area contributed by atoms with E-state index in [1.54, 1.807) is 13.0 Å². The van der Waals surface area contributed by atoms with Gasteiger partial charge in [-0.3, -0.25) is 4.79 Å². The molecule has 4 nitrogen and oxygen atoms in total. The van der Waals surface area contributed by atoms with Gasteiger partial charge in [-0.05, 0) is 51.8 Å². The largest absolute Gasteiger partial charge is 0.479 e. The van der Waals surface area contributed by atoms with E-state index in [9.17, 15) is 4.79 Å². The summed E-state index contributed by atoms with van der Waals surface area (Å²) in [5, 5.41) is 3.29. The summed E-state index contributed by atoms with van der Waals surface area (Å²) in [4.78, 5) is 11.8. The van der Waals surface area contributed by atoms with Crippen LogP contribution in [0.15, 0.2) is 18.2 Å². The van der Waals surface area contributed by atoms with E-state index < -0.39 is 6.10 Å². The zero-order valence-electron chi connectivity index (χ0n) is 12.4. The van der Waals surface area contributed by atoms with Crippen molar-refractivity contribution in [1.82, 2.24) is 5.32 Å². The number of nitrogens with one attached hydrogen (secondary N) is 1. The maximum Gasteiger partial charge on any atom is 0.260 e. The Kier molecular flexibility index (Phi) is 6.30. The number of hydrogen-bond acceptors (Lipinski definition) is 3. The fourth-order valence-electron chi connectivity index (χ4n) is 1.78. The maximum absolute atomic E-state index is 11.8. The van der Waals surface area contributed by atoms with Crippen LogP contribution in [-0.4, -0.2) is 24.1 Å². The van der Waals surface area contributed by atoms with Crippen LogP contribution >= 0.6 is 11.6 Å². The van der Waals surface area contributed by atoms with Crippen molar-refractivity contribution in [1.29, 1.82) is 0 Å². The molecule has 0 fully saturated rings. The van der Waals surface area contributed by atoms with Crippen molar-refractivity contribution in [2.24, 2.45) is 5.73 Å². The molecule has 0 saturated carbocycles. The standard InChI is InChI=1S/C15H23ClN2O2/c1-9(2)18-15(19)11(4)20-14-6-5-12(7-10(3)17)8-13(14)16/h5-6,8-11H,7,17H2,1-4H3,(H,18,19). The van der Waals surface area contributed by atoms with E-state index in [-0.39, 0.29) is 18.0 Å². The van der Waals surface area contributed by atoms with Crippen molar-refractivity contribution in [2.45, 2.75) is 52.3 Å². The third-order valence-corrected chi connectivity index (χ3v) is 2.95. The minimum Gasteiger partial charge on any atom is -0.479 e. The lowest BCUT2D eigenvalue weighted by Gasteiger charge is -2.17. The number of benzene rings is 1. The van der Waals surface area contributed by atoms with Crippen molar-refractivity contribution >= 4 is 17.5 Å². The average molecular weight is 299 g/mol. The monoisotopic (exact) mass is 298 g/mol. The molecule has 0 saturated heterocycles. The van der Waals surface area contributed by atoms with E-state index in [0.29, 0.717) is 10.8 Å². The van der Waals surface area contributed by atoms with E-state index in [1.165, 1.54) is 0 Å². The van der Waals surface area contributed by atoms with Crippen molar-refractivity contribution in [2.75, 3.05) is 0 Å². The first-order valence-corrected chi connectivity index (χ1v) is 7.18. The van der Waals surface area contributed by atoms with Gasteiger partial charge in [0.1, 0.15) is 5.75 Å². The van der Waals surface area contributed by atoms with Crippen molar-refractivity contribution in [3.63, 3.8) is 0 Å². The highest BCUT2D eigenvalue weighted by atomic mass is 35.5. The van der Waals surface area contributed by atoms with Crippen LogP contribution in [0.2, 0.25) is 5.02 Å². The van der Waals surface area contributed by atoms with Crippen LogP contribution in [0, 0.1) is 0 Å². The number of ether oxygens (including phenoxy) is 1. The van der Waals surface area contributed by atoms with Crippen LogP contribution in [-0.2, 0) is 11.2 Å². The number of nitrogens with two attached hydrogens (primary N) is 1. The molecule has 1 amide bonds. The molecule has 2 atom stereocenters. The van der Waals surface area contributed by atoms with E-state index in [1.807, 2.05) is 32.9 Å². The van der Waals surface area contributed by atoms with E-state index in [2.05, 4.69) is 5.32 Å². The van der Waals surface area contributed by atoms with Crippen molar-refractivity contribution in [3.05, 3.63) is 28.8 Å². The van der Waals surface area contributed by atoms with Gasteiger partial charge in [0.25, 0.3) is 5.91 Å². The zero-order valence-corrected chi connectivity index (χ0v) is 13.2. The molecule has 1 aromatic rings. The van der Waals surface area contributed by atoms with E-state index >= 15 is 0 Å². The lowest BCUT2D eigenvalue weighted by atomic mass is 10.1. The zero-order chi connectivity index (χ0) is 15.3. The molecule has 5 heteroatoms. The molecule has 0 aliphatic carbocycles. The molecule has 20 heavy (non-hydrogen) atoms. The molecule has 0 spiro atoms. The summed E-state index contributed by atoms with van der Waals surface area (Å²) in [6.07, 6.45) is 0.165. The Bertz CT molecular complexity index is 461. The van der Waals surface area contributed by atoms with Crippen LogP contribution in [0.25, 0.3) is 0 Å². The summed E-state index contributed by atoms with van der Waals surface area (Å²) in [7, 11) is 0. The van der Waals surface area contributed by atoms with E-state index in [0.717, 1.165) is 12.0 Å². The Morgan fingerprint density at radius 3 is 2.50 bits per heavy atom. The maximum atomic E-state index is 11.8. The third kappa shape index (κ3) is 5.39. The summed E-state index contributed by atoms with van der Waals surface area (Å²) in [6, 6.07) is 5.68. The van der Waals surface area contributed by atoms with Gasteiger partial charge in [0.05, 0.1) is 5.02 Å². The highest BCUT2D eigenvalue weighted by molar-refractivity contribution is 6.32. The van der Waals surface area contributed by atoms with Gasteiger partial charge in [0.2, 0.25) is 0 Å². The summed E-state index contributed by atoms with van der Waals surface area (Å²) < 4.78 is 5.59. The second kappa shape index (κ2) is 7.50. The van der Waals surface area contributed by atoms with Crippen molar-refractivity contribution < 1.29 is 9.53 Å². The van der Waals surface area contributed by atoms with Gasteiger partial charge in [-0.15, -0.1) is 0 Å². The Hall–Kier alpha value is -1.26. The predicted octanol–water partition coefficient (Wildman–Crippen LogP) is 2.52. The number of amides is 1. The third-order valence-electron chi connectivity index (χ3n) is 2.66. The lowest BCUT2D eigenvalue weighted by Crippen LogP contribution is -2.40. The van der Waals surface area contributed by atoms with Crippen LogP contribution in [0.5, 0.6) is 5.75 Å². The molecule has 1 rings (SSSR count). The van der Waals surface area contributed by atoms with Gasteiger partial charge < -0.3 is 15.8 Å². The number of hydrogen-bond donors (Lipinski definition) is 2. The molecule has 0 aromatic heterocycles. The molecule has 1 aromatic carbocycles. The molecule has 0 bridgehead atoms. The van der Waals surface area contributed by atoms with Crippen LogP contribution in [0.3, 0.4) is 0 Å². The molecule has 0 radical (unpaired) electrons. The topological polar surface area (TPSA) is 64.3 Å². The van der Waals surface area contributed by atoms with Crippen molar-refractivity contribution in [3.8, 4) is 5.75 Å². The highest BCUT2D eigenvalue weighted by Crippen LogP contribution is 2.26. The number of rotatable bonds is 6. The normalized spacial score (nSPS) is 13.9. The highest BCUT2D eigenvalue weighted by Gasteiger charge is 2.16. The Morgan fingerprint density at radius 1 is 1.35 bits per heavy atom. The summed E-state index contributed by atoms with van der Waals surface area (Å²) in [5.74, 6) is 0.349. The second-order valence-corrected chi connectivity index (χ2v) is 5.78. The predicted molar refractivity (Wildman–Crippen MR) is 82.2 cm³/mol. The van der Waals surface area contributed by atoms with Crippen LogP contribution in [0.4, 0.5) is 0 Å². The van der Waals surface area contributed by atoms with Gasteiger partial charge in [0.15, 0.2) is 6.10 Å². The SMILES string of the molecule is CC(N)Cc1ccc(OC(C)C(=O)NC(C)C)c(Cl)c1. The molecule has 2 unspecified atom stereocenters. The minimum atomic E-state index is -0.589. The van der Waals surface area contributed by atoms with Crippen LogP contribution < -0.4 is 15.8 Å². The first-order valence-electron chi connectivity index (χ1n) is 6.80. The first-order chi connectivity index (χ1) is 9.29. The number of halogens is 1. The summed E-state index contributed by atoms with van der Waals surface area (Å²) in [5.41, 5.74) is 6.80.